The van der Waals surface area contributed by atoms with Gasteiger partial charge in [0.05, 0.1) is 37.3 Å². The molecular weight excluding hydrogens is 410 g/mol. The lowest BCUT2D eigenvalue weighted by molar-refractivity contribution is 0.0615. The second-order valence-corrected chi connectivity index (χ2v) is 7.38. The smallest absolute Gasteiger partial charge is 0.285 e. The number of hydrogen-bond donors (Lipinski definition) is 0. The van der Waals surface area contributed by atoms with Crippen LogP contribution in [0.3, 0.4) is 0 Å². The number of aryl methyl sites for hydroxylation is 3. The number of carbonyl (C=O) groups excluding carboxylic acids is 1. The number of hydroxylamine groups is 1. The zero-order valence-electron chi connectivity index (χ0n) is 18.8. The molecule has 4 heterocycles. The monoisotopic (exact) mass is 437 g/mol. The van der Waals surface area contributed by atoms with E-state index in [4.69, 9.17) is 19.3 Å². The van der Waals surface area contributed by atoms with E-state index in [1.54, 1.807) is 24.1 Å². The van der Waals surface area contributed by atoms with Gasteiger partial charge in [0.15, 0.2) is 11.6 Å². The van der Waals surface area contributed by atoms with Gasteiger partial charge >= 0.3 is 0 Å². The first-order valence-corrected chi connectivity index (χ1v) is 10.7. The van der Waals surface area contributed by atoms with E-state index in [9.17, 15) is 4.79 Å². The summed E-state index contributed by atoms with van der Waals surface area (Å²) in [6.45, 7) is 7.39. The summed E-state index contributed by atoms with van der Waals surface area (Å²) in [6, 6.07) is 5.51. The van der Waals surface area contributed by atoms with Gasteiger partial charge in [-0.15, -0.1) is 0 Å². The SMILES string of the molecule is CCOc1ncc(-c2cc(C)c3c(n2)CCCON(c2ccn(CC)n2)C3=O)cc1OC. The Labute approximate surface area is 186 Å². The van der Waals surface area contributed by atoms with Crippen LogP contribution >= 0.6 is 0 Å². The number of anilines is 1. The summed E-state index contributed by atoms with van der Waals surface area (Å²) in [5.74, 6) is 1.18. The molecule has 4 rings (SSSR count). The van der Waals surface area contributed by atoms with Crippen molar-refractivity contribution < 1.29 is 19.1 Å². The minimum atomic E-state index is -0.264. The lowest BCUT2D eigenvalue weighted by Crippen LogP contribution is -2.35. The number of fused-ring (bicyclic) bond motifs is 1. The number of rotatable bonds is 6. The summed E-state index contributed by atoms with van der Waals surface area (Å²) in [7, 11) is 1.58. The lowest BCUT2D eigenvalue weighted by atomic mass is 10.00. The maximum absolute atomic E-state index is 13.4. The van der Waals surface area contributed by atoms with Gasteiger partial charge in [-0.1, -0.05) is 0 Å². The van der Waals surface area contributed by atoms with Crippen molar-refractivity contribution in [1.82, 2.24) is 19.7 Å². The molecule has 32 heavy (non-hydrogen) atoms. The number of amides is 1. The summed E-state index contributed by atoms with van der Waals surface area (Å²) in [6.07, 6.45) is 4.89. The van der Waals surface area contributed by atoms with Gasteiger partial charge in [-0.3, -0.25) is 19.3 Å². The number of ether oxygens (including phenoxy) is 2. The summed E-state index contributed by atoms with van der Waals surface area (Å²) in [4.78, 5) is 28.4. The zero-order chi connectivity index (χ0) is 22.7. The standard InChI is InChI=1S/C23H27N5O4/c1-5-27-10-9-20(26-27)28-23(29)21-15(3)12-18(25-17(21)8-7-11-32-28)16-13-19(30-4)22(24-14-16)31-6-2/h9-10,12-14H,5-8,11H2,1-4H3. The Balaban J connectivity index is 1.73. The van der Waals surface area contributed by atoms with Crippen molar-refractivity contribution in [1.29, 1.82) is 0 Å². The average Bonchev–Trinajstić information content (AvgIpc) is 3.26. The fourth-order valence-corrected chi connectivity index (χ4v) is 3.68. The molecule has 0 saturated carbocycles. The third-order valence-electron chi connectivity index (χ3n) is 5.24. The van der Waals surface area contributed by atoms with Crippen LogP contribution in [0.25, 0.3) is 11.3 Å². The molecule has 3 aromatic heterocycles. The maximum Gasteiger partial charge on any atom is 0.285 e. The van der Waals surface area contributed by atoms with Crippen LogP contribution in [0.5, 0.6) is 11.6 Å². The summed E-state index contributed by atoms with van der Waals surface area (Å²) in [5, 5.41) is 5.71. The normalized spacial score (nSPS) is 14.0. The van der Waals surface area contributed by atoms with Gasteiger partial charge in [0, 0.05) is 30.6 Å². The van der Waals surface area contributed by atoms with Crippen molar-refractivity contribution in [2.45, 2.75) is 40.2 Å². The molecule has 1 aliphatic rings. The molecule has 0 atom stereocenters. The maximum atomic E-state index is 13.4. The van der Waals surface area contributed by atoms with Crippen LogP contribution in [0.2, 0.25) is 0 Å². The van der Waals surface area contributed by atoms with Crippen LogP contribution in [0.1, 0.15) is 41.9 Å². The number of aromatic nitrogens is 4. The molecule has 0 aromatic carbocycles. The highest BCUT2D eigenvalue weighted by molar-refractivity contribution is 6.06. The van der Waals surface area contributed by atoms with Gasteiger partial charge in [0.25, 0.3) is 11.8 Å². The summed E-state index contributed by atoms with van der Waals surface area (Å²) < 4.78 is 12.7. The van der Waals surface area contributed by atoms with Crippen molar-refractivity contribution in [3.8, 4) is 22.9 Å². The summed E-state index contributed by atoms with van der Waals surface area (Å²) in [5.41, 5.74) is 3.62. The quantitative estimate of drug-likeness (QED) is 0.582. The first kappa shape index (κ1) is 21.8. The second-order valence-electron chi connectivity index (χ2n) is 7.38. The topological polar surface area (TPSA) is 91.6 Å². The van der Waals surface area contributed by atoms with E-state index in [1.165, 1.54) is 5.06 Å². The predicted octanol–water partition coefficient (Wildman–Crippen LogP) is 3.60. The van der Waals surface area contributed by atoms with E-state index < -0.39 is 0 Å². The van der Waals surface area contributed by atoms with Crippen LogP contribution in [-0.2, 0) is 17.8 Å². The van der Waals surface area contributed by atoms with Crippen molar-refractivity contribution >= 4 is 11.7 Å². The first-order chi connectivity index (χ1) is 15.5. The van der Waals surface area contributed by atoms with E-state index in [0.717, 1.165) is 28.9 Å². The molecule has 9 heteroatoms. The number of hydrogen-bond acceptors (Lipinski definition) is 7. The van der Waals surface area contributed by atoms with Crippen molar-refractivity contribution in [3.05, 3.63) is 47.4 Å². The Morgan fingerprint density at radius 1 is 1.25 bits per heavy atom. The number of methoxy groups -OCH3 is 1. The number of carbonyl (C=O) groups is 1. The van der Waals surface area contributed by atoms with Crippen LogP contribution in [0.4, 0.5) is 5.82 Å². The van der Waals surface area contributed by atoms with Gasteiger partial charge < -0.3 is 9.47 Å². The fourth-order valence-electron chi connectivity index (χ4n) is 3.68. The van der Waals surface area contributed by atoms with Crippen molar-refractivity contribution in [3.63, 3.8) is 0 Å². The van der Waals surface area contributed by atoms with Gasteiger partial charge in [-0.25, -0.2) is 4.98 Å². The summed E-state index contributed by atoms with van der Waals surface area (Å²) >= 11 is 0. The molecular formula is C23H27N5O4. The number of pyridine rings is 2. The minimum Gasteiger partial charge on any atom is -0.491 e. The van der Waals surface area contributed by atoms with Gasteiger partial charge in [0.2, 0.25) is 0 Å². The molecule has 1 aliphatic heterocycles. The van der Waals surface area contributed by atoms with E-state index in [0.29, 0.717) is 49.2 Å². The molecule has 3 aromatic rings. The molecule has 0 spiro atoms. The third kappa shape index (κ3) is 4.16. The molecule has 0 bridgehead atoms. The zero-order valence-corrected chi connectivity index (χ0v) is 18.8. The van der Waals surface area contributed by atoms with Crippen LogP contribution in [0, 0.1) is 6.92 Å². The Hall–Kier alpha value is -3.46. The Morgan fingerprint density at radius 2 is 2.09 bits per heavy atom. The van der Waals surface area contributed by atoms with Crippen molar-refractivity contribution in [2.24, 2.45) is 0 Å². The molecule has 0 fully saturated rings. The number of nitrogens with zero attached hydrogens (tertiary/aromatic N) is 5. The first-order valence-electron chi connectivity index (χ1n) is 10.7. The molecule has 0 aliphatic carbocycles. The van der Waals surface area contributed by atoms with E-state index >= 15 is 0 Å². The Kier molecular flexibility index (Phi) is 6.36. The highest BCUT2D eigenvalue weighted by Crippen LogP contribution is 2.32. The van der Waals surface area contributed by atoms with E-state index in [2.05, 4.69) is 10.1 Å². The molecule has 168 valence electrons. The van der Waals surface area contributed by atoms with Gasteiger partial charge in [-0.2, -0.15) is 10.2 Å². The van der Waals surface area contributed by atoms with Gasteiger partial charge in [-0.05, 0) is 51.3 Å². The van der Waals surface area contributed by atoms with Gasteiger partial charge in [0.1, 0.15) is 0 Å². The Bertz CT molecular complexity index is 1130. The molecule has 9 nitrogen and oxygen atoms in total. The lowest BCUT2D eigenvalue weighted by Gasteiger charge is -2.24. The fraction of sp³-hybridized carbons (Fsp3) is 0.391. The molecule has 0 saturated heterocycles. The average molecular weight is 438 g/mol. The molecule has 1 amide bonds. The minimum absolute atomic E-state index is 0.264. The molecule has 0 radical (unpaired) electrons. The third-order valence-corrected chi connectivity index (χ3v) is 5.24. The van der Waals surface area contributed by atoms with Crippen LogP contribution in [0.15, 0.2) is 30.6 Å². The van der Waals surface area contributed by atoms with E-state index in [-0.39, 0.29) is 5.91 Å². The second kappa shape index (κ2) is 9.35. The Morgan fingerprint density at radius 3 is 2.81 bits per heavy atom. The van der Waals surface area contributed by atoms with Crippen LogP contribution in [-0.4, -0.2) is 46.0 Å². The van der Waals surface area contributed by atoms with Crippen molar-refractivity contribution in [2.75, 3.05) is 25.4 Å². The molecule has 0 unspecified atom stereocenters. The highest BCUT2D eigenvalue weighted by Gasteiger charge is 2.28. The predicted molar refractivity (Wildman–Crippen MR) is 119 cm³/mol. The molecule has 0 N–H and O–H groups in total. The van der Waals surface area contributed by atoms with Crippen LogP contribution < -0.4 is 14.5 Å². The van der Waals surface area contributed by atoms with E-state index in [1.807, 2.05) is 39.1 Å². The highest BCUT2D eigenvalue weighted by atomic mass is 16.7. The largest absolute Gasteiger partial charge is 0.491 e.